The van der Waals surface area contributed by atoms with Gasteiger partial charge in [0.05, 0.1) is 12.1 Å². The lowest BCUT2D eigenvalue weighted by atomic mass is 10.00. The Morgan fingerprint density at radius 1 is 1.20 bits per heavy atom. The van der Waals surface area contributed by atoms with Crippen molar-refractivity contribution in [3.05, 3.63) is 64.7 Å². The summed E-state index contributed by atoms with van der Waals surface area (Å²) in [6.45, 7) is 3.74. The number of methoxy groups -OCH3 is 1. The van der Waals surface area contributed by atoms with E-state index < -0.39 is 18.0 Å². The number of nitrogens with zero attached hydrogens (tertiary/aromatic N) is 1. The summed E-state index contributed by atoms with van der Waals surface area (Å²) in [6.07, 6.45) is 5.04. The van der Waals surface area contributed by atoms with E-state index in [2.05, 4.69) is 4.99 Å². The zero-order valence-electron chi connectivity index (χ0n) is 17.0. The first-order chi connectivity index (χ1) is 14.3. The number of carboxylic acid groups (broad SMARTS) is 1. The highest BCUT2D eigenvalue weighted by Gasteiger charge is 2.22. The van der Waals surface area contributed by atoms with Gasteiger partial charge in [-0.2, -0.15) is 0 Å². The van der Waals surface area contributed by atoms with Crippen LogP contribution in [0.1, 0.15) is 31.4 Å². The molecule has 2 atom stereocenters. The smallest absolute Gasteiger partial charge is 0.336 e. The van der Waals surface area contributed by atoms with Crippen molar-refractivity contribution in [3.8, 4) is 11.5 Å². The topological polar surface area (TPSA) is 85.2 Å². The predicted octanol–water partition coefficient (Wildman–Crippen LogP) is 4.89. The first-order valence-corrected chi connectivity index (χ1v) is 9.82. The Kier molecular flexibility index (Phi) is 8.62. The molecule has 158 valence electrons. The average molecular weight is 430 g/mol. The van der Waals surface area contributed by atoms with Crippen LogP contribution < -0.4 is 9.47 Å². The lowest BCUT2D eigenvalue weighted by Gasteiger charge is -2.14. The number of benzene rings is 2. The molecule has 7 heteroatoms. The van der Waals surface area contributed by atoms with Crippen molar-refractivity contribution in [2.24, 2.45) is 10.9 Å². The Bertz CT molecular complexity index is 940. The molecule has 0 aliphatic carbocycles. The minimum Gasteiger partial charge on any atom is -0.493 e. The van der Waals surface area contributed by atoms with E-state index in [1.807, 2.05) is 44.2 Å². The van der Waals surface area contributed by atoms with Crippen LogP contribution in [-0.4, -0.2) is 36.4 Å². The third kappa shape index (κ3) is 6.46. The first kappa shape index (κ1) is 23.2. The van der Waals surface area contributed by atoms with Gasteiger partial charge in [0.2, 0.25) is 0 Å². The van der Waals surface area contributed by atoms with E-state index in [1.165, 1.54) is 25.5 Å². The molecule has 0 saturated heterocycles. The van der Waals surface area contributed by atoms with Crippen molar-refractivity contribution in [3.63, 3.8) is 0 Å². The molecule has 0 radical (unpaired) electrons. The Morgan fingerprint density at radius 3 is 2.50 bits per heavy atom. The van der Waals surface area contributed by atoms with Gasteiger partial charge in [-0.05, 0) is 35.3 Å². The molecule has 0 saturated carbocycles. The van der Waals surface area contributed by atoms with Crippen LogP contribution in [0.5, 0.6) is 11.5 Å². The number of hydrogen-bond acceptors (Lipinski definition) is 5. The molecule has 1 N–H and O–H groups in total. The fraction of sp³-hybridized carbons (Fsp3) is 0.261. The van der Waals surface area contributed by atoms with Crippen molar-refractivity contribution in [2.45, 2.75) is 26.3 Å². The third-order valence-corrected chi connectivity index (χ3v) is 4.77. The molecular formula is C23H24ClNO5. The molecular weight excluding hydrogens is 406 g/mol. The Labute approximate surface area is 180 Å². The summed E-state index contributed by atoms with van der Waals surface area (Å²) < 4.78 is 10.6. The molecule has 0 aliphatic heterocycles. The van der Waals surface area contributed by atoms with E-state index in [0.717, 1.165) is 5.56 Å². The maximum absolute atomic E-state index is 12.2. The number of carbonyl (C=O) groups is 2. The van der Waals surface area contributed by atoms with Gasteiger partial charge in [-0.25, -0.2) is 9.59 Å². The quantitative estimate of drug-likeness (QED) is 0.265. The van der Waals surface area contributed by atoms with Gasteiger partial charge >= 0.3 is 11.9 Å². The van der Waals surface area contributed by atoms with Gasteiger partial charge in [-0.15, -0.1) is 0 Å². The van der Waals surface area contributed by atoms with Crippen LogP contribution in [0, 0.1) is 5.92 Å². The van der Waals surface area contributed by atoms with E-state index in [4.69, 9.17) is 21.1 Å². The summed E-state index contributed by atoms with van der Waals surface area (Å²) in [5, 5.41) is 9.50. The lowest BCUT2D eigenvalue weighted by molar-refractivity contribution is -0.139. The van der Waals surface area contributed by atoms with Crippen LogP contribution in [0.4, 0.5) is 0 Å². The summed E-state index contributed by atoms with van der Waals surface area (Å²) in [4.78, 5) is 27.8. The minimum absolute atomic E-state index is 0.0794. The van der Waals surface area contributed by atoms with E-state index in [0.29, 0.717) is 12.0 Å². The largest absolute Gasteiger partial charge is 0.493 e. The normalized spacial score (nSPS) is 13.3. The van der Waals surface area contributed by atoms with Crippen LogP contribution in [0.15, 0.2) is 53.5 Å². The van der Waals surface area contributed by atoms with Crippen LogP contribution in [0.3, 0.4) is 0 Å². The molecule has 0 spiro atoms. The molecule has 30 heavy (non-hydrogen) atoms. The van der Waals surface area contributed by atoms with Crippen molar-refractivity contribution < 1.29 is 24.2 Å². The van der Waals surface area contributed by atoms with Crippen LogP contribution in [0.25, 0.3) is 6.08 Å². The molecule has 0 aliphatic rings. The summed E-state index contributed by atoms with van der Waals surface area (Å²) in [5.41, 5.74) is 1.39. The number of aliphatic imine (C=N–C) groups is 1. The number of ether oxygens (including phenoxy) is 2. The second-order valence-corrected chi connectivity index (χ2v) is 7.05. The SMILES string of the molecule is CCC(C)C(N=Cc1cc(Cl)c(OC(=O)C=Cc2ccccc2)c(OC)c1)C(=O)O. The molecule has 6 nitrogen and oxygen atoms in total. The van der Waals surface area contributed by atoms with Gasteiger partial charge < -0.3 is 14.6 Å². The summed E-state index contributed by atoms with van der Waals surface area (Å²) in [5.74, 6) is -1.40. The highest BCUT2D eigenvalue weighted by molar-refractivity contribution is 6.32. The van der Waals surface area contributed by atoms with E-state index in [-0.39, 0.29) is 22.4 Å². The van der Waals surface area contributed by atoms with E-state index >= 15 is 0 Å². The number of carboxylic acids is 1. The molecule has 0 fully saturated rings. The standard InChI is InChI=1S/C23H24ClNO5/c1-4-15(2)21(23(27)28)25-14-17-12-18(24)22(19(13-17)29-3)30-20(26)11-10-16-8-6-5-7-9-16/h5-15,21H,4H2,1-3H3,(H,27,28). The molecule has 0 amide bonds. The predicted molar refractivity (Wildman–Crippen MR) is 118 cm³/mol. The van der Waals surface area contributed by atoms with Crippen molar-refractivity contribution in [1.82, 2.24) is 0 Å². The molecule has 2 rings (SSSR count). The van der Waals surface area contributed by atoms with Crippen molar-refractivity contribution >= 4 is 35.8 Å². The van der Waals surface area contributed by atoms with Gasteiger partial charge in [-0.3, -0.25) is 4.99 Å². The number of hydrogen-bond donors (Lipinski definition) is 1. The first-order valence-electron chi connectivity index (χ1n) is 9.44. The monoisotopic (exact) mass is 429 g/mol. The highest BCUT2D eigenvalue weighted by atomic mass is 35.5. The van der Waals surface area contributed by atoms with Gasteiger partial charge in [-0.1, -0.05) is 62.2 Å². The van der Waals surface area contributed by atoms with Crippen LogP contribution in [-0.2, 0) is 9.59 Å². The number of carbonyl (C=O) groups excluding carboxylic acids is 1. The number of rotatable bonds is 9. The Balaban J connectivity index is 2.21. The maximum atomic E-state index is 12.2. The second kappa shape index (κ2) is 11.2. The van der Waals surface area contributed by atoms with Crippen molar-refractivity contribution in [2.75, 3.05) is 7.11 Å². The summed E-state index contributed by atoms with van der Waals surface area (Å²) >= 11 is 6.28. The number of aliphatic carboxylic acids is 1. The number of esters is 1. The van der Waals surface area contributed by atoms with Gasteiger partial charge in [0, 0.05) is 12.3 Å². The zero-order valence-corrected chi connectivity index (χ0v) is 17.8. The van der Waals surface area contributed by atoms with Crippen molar-refractivity contribution in [1.29, 1.82) is 0 Å². The summed E-state index contributed by atoms with van der Waals surface area (Å²) in [7, 11) is 1.42. The Hall–Kier alpha value is -3.12. The molecule has 2 unspecified atom stereocenters. The van der Waals surface area contributed by atoms with Gasteiger partial charge in [0.1, 0.15) is 6.04 Å². The second-order valence-electron chi connectivity index (χ2n) is 6.65. The Morgan fingerprint density at radius 2 is 1.90 bits per heavy atom. The zero-order chi connectivity index (χ0) is 22.1. The van der Waals surface area contributed by atoms with E-state index in [9.17, 15) is 14.7 Å². The average Bonchev–Trinajstić information content (AvgIpc) is 2.74. The summed E-state index contributed by atoms with van der Waals surface area (Å²) in [6, 6.07) is 11.6. The van der Waals surface area contributed by atoms with Gasteiger partial charge in [0.15, 0.2) is 11.5 Å². The molecule has 0 heterocycles. The van der Waals surface area contributed by atoms with Crippen LogP contribution in [0.2, 0.25) is 5.02 Å². The molecule has 0 aromatic heterocycles. The molecule has 2 aromatic rings. The van der Waals surface area contributed by atoms with Gasteiger partial charge in [0.25, 0.3) is 0 Å². The third-order valence-electron chi connectivity index (χ3n) is 4.49. The fourth-order valence-electron chi connectivity index (χ4n) is 2.62. The highest BCUT2D eigenvalue weighted by Crippen LogP contribution is 2.36. The fourth-order valence-corrected chi connectivity index (χ4v) is 2.88. The minimum atomic E-state index is -0.991. The number of halogens is 1. The maximum Gasteiger partial charge on any atom is 0.336 e. The van der Waals surface area contributed by atoms with Crippen LogP contribution >= 0.6 is 11.6 Å². The molecule has 0 bridgehead atoms. The molecule has 2 aromatic carbocycles. The van der Waals surface area contributed by atoms with E-state index in [1.54, 1.807) is 12.1 Å². The lowest BCUT2D eigenvalue weighted by Crippen LogP contribution is -2.25.